The van der Waals surface area contributed by atoms with Gasteiger partial charge in [-0.25, -0.2) is 4.79 Å². The largest absolute Gasteiger partial charge is 0.382 e. The lowest BCUT2D eigenvalue weighted by molar-refractivity contribution is 0.0718. The van der Waals surface area contributed by atoms with Crippen LogP contribution in [0.2, 0.25) is 0 Å². The van der Waals surface area contributed by atoms with Crippen LogP contribution in [0.3, 0.4) is 0 Å². The summed E-state index contributed by atoms with van der Waals surface area (Å²) >= 11 is 0. The fourth-order valence-electron chi connectivity index (χ4n) is 3.58. The van der Waals surface area contributed by atoms with Gasteiger partial charge in [-0.3, -0.25) is 0 Å². The number of urea groups is 1. The number of ether oxygens (including phenoxy) is 2. The molecule has 1 N–H and O–H groups in total. The van der Waals surface area contributed by atoms with Crippen molar-refractivity contribution >= 4 is 6.03 Å². The number of rotatable bonds is 6. The topological polar surface area (TPSA) is 50.8 Å². The van der Waals surface area contributed by atoms with Crippen LogP contribution in [0.25, 0.3) is 0 Å². The Balaban J connectivity index is 1.69. The van der Waals surface area contributed by atoms with E-state index >= 15 is 0 Å². The maximum atomic E-state index is 12.3. The second kappa shape index (κ2) is 7.84. The standard InChI is InChI=1S/C15H28N2O3/c1-12-11-17(14-6-4-3-5-13(12)14)15(18)16-7-8-20-10-9-19-2/h12-14H,3-11H2,1-2H3,(H,16,18)/t12-,13-,14+/m0/s1. The zero-order valence-corrected chi connectivity index (χ0v) is 12.8. The van der Waals surface area contributed by atoms with Crippen LogP contribution in [-0.4, -0.2) is 57.0 Å². The average molecular weight is 284 g/mol. The lowest BCUT2D eigenvalue weighted by atomic mass is 9.80. The van der Waals surface area contributed by atoms with Crippen molar-refractivity contribution in [3.63, 3.8) is 0 Å². The quantitative estimate of drug-likeness (QED) is 0.758. The summed E-state index contributed by atoms with van der Waals surface area (Å²) in [5.41, 5.74) is 0. The fraction of sp³-hybridized carbons (Fsp3) is 0.933. The molecule has 5 nitrogen and oxygen atoms in total. The Morgan fingerprint density at radius 2 is 2.05 bits per heavy atom. The molecule has 0 aromatic carbocycles. The minimum absolute atomic E-state index is 0.0848. The summed E-state index contributed by atoms with van der Waals surface area (Å²) in [7, 11) is 1.65. The summed E-state index contributed by atoms with van der Waals surface area (Å²) in [6.45, 7) is 5.49. The van der Waals surface area contributed by atoms with E-state index < -0.39 is 0 Å². The Labute approximate surface area is 122 Å². The molecule has 3 atom stereocenters. The molecule has 5 heteroatoms. The Hall–Kier alpha value is -0.810. The normalized spacial score (nSPS) is 29.3. The highest BCUT2D eigenvalue weighted by atomic mass is 16.5. The van der Waals surface area contributed by atoms with Crippen molar-refractivity contribution in [2.24, 2.45) is 11.8 Å². The van der Waals surface area contributed by atoms with Crippen molar-refractivity contribution in [3.8, 4) is 0 Å². The first-order valence-corrected chi connectivity index (χ1v) is 7.85. The summed E-state index contributed by atoms with van der Waals surface area (Å²) in [6, 6.07) is 0.551. The maximum absolute atomic E-state index is 12.3. The molecule has 0 aromatic rings. The molecule has 0 unspecified atom stereocenters. The maximum Gasteiger partial charge on any atom is 0.317 e. The van der Waals surface area contributed by atoms with Gasteiger partial charge in [-0.05, 0) is 24.7 Å². The number of amides is 2. The van der Waals surface area contributed by atoms with E-state index in [4.69, 9.17) is 9.47 Å². The molecule has 1 saturated carbocycles. The summed E-state index contributed by atoms with van der Waals surface area (Å²) < 4.78 is 10.3. The predicted octanol–water partition coefficient (Wildman–Crippen LogP) is 1.87. The van der Waals surface area contributed by atoms with Crippen molar-refractivity contribution < 1.29 is 14.3 Å². The molecule has 0 radical (unpaired) electrons. The first-order valence-electron chi connectivity index (χ1n) is 7.85. The van der Waals surface area contributed by atoms with E-state index in [0.717, 1.165) is 6.54 Å². The number of carbonyl (C=O) groups excluding carboxylic acids is 1. The molecule has 0 spiro atoms. The highest BCUT2D eigenvalue weighted by molar-refractivity contribution is 5.75. The van der Waals surface area contributed by atoms with Crippen LogP contribution in [0.5, 0.6) is 0 Å². The van der Waals surface area contributed by atoms with E-state index in [0.29, 0.717) is 44.2 Å². The summed E-state index contributed by atoms with van der Waals surface area (Å²) in [5, 5.41) is 2.98. The van der Waals surface area contributed by atoms with E-state index in [-0.39, 0.29) is 6.03 Å². The van der Waals surface area contributed by atoms with Crippen molar-refractivity contribution in [2.45, 2.75) is 38.6 Å². The van der Waals surface area contributed by atoms with Crippen LogP contribution in [-0.2, 0) is 9.47 Å². The molecule has 2 fully saturated rings. The van der Waals surface area contributed by atoms with Crippen molar-refractivity contribution in [3.05, 3.63) is 0 Å². The zero-order chi connectivity index (χ0) is 14.4. The van der Waals surface area contributed by atoms with Gasteiger partial charge in [-0.15, -0.1) is 0 Å². The van der Waals surface area contributed by atoms with Gasteiger partial charge in [0.05, 0.1) is 19.8 Å². The van der Waals surface area contributed by atoms with Gasteiger partial charge >= 0.3 is 6.03 Å². The van der Waals surface area contributed by atoms with Gasteiger partial charge in [-0.2, -0.15) is 0 Å². The second-order valence-corrected chi connectivity index (χ2v) is 5.98. The summed E-state index contributed by atoms with van der Waals surface area (Å²) in [5.74, 6) is 1.36. The molecule has 2 amide bonds. The van der Waals surface area contributed by atoms with Crippen LogP contribution in [0.4, 0.5) is 4.79 Å². The highest BCUT2D eigenvalue weighted by Crippen LogP contribution is 2.39. The molecule has 1 heterocycles. The van der Waals surface area contributed by atoms with Gasteiger partial charge in [0.15, 0.2) is 0 Å². The molecular formula is C15H28N2O3. The first-order chi connectivity index (χ1) is 9.74. The van der Waals surface area contributed by atoms with Gasteiger partial charge < -0.3 is 19.7 Å². The van der Waals surface area contributed by atoms with Crippen LogP contribution in [0, 0.1) is 11.8 Å². The third-order valence-electron chi connectivity index (χ3n) is 4.61. The molecule has 1 saturated heterocycles. The fourth-order valence-corrected chi connectivity index (χ4v) is 3.58. The SMILES string of the molecule is COCCOCCNC(=O)N1C[C@H](C)[C@@H]2CCCC[C@H]21. The van der Waals surface area contributed by atoms with Crippen molar-refractivity contribution in [1.29, 1.82) is 0 Å². The van der Waals surface area contributed by atoms with Crippen molar-refractivity contribution in [1.82, 2.24) is 10.2 Å². The number of fused-ring (bicyclic) bond motifs is 1. The lowest BCUT2D eigenvalue weighted by Gasteiger charge is -2.32. The minimum atomic E-state index is 0.0848. The monoisotopic (exact) mass is 284 g/mol. The molecule has 2 aliphatic rings. The Morgan fingerprint density at radius 1 is 1.25 bits per heavy atom. The number of methoxy groups -OCH3 is 1. The zero-order valence-electron chi connectivity index (χ0n) is 12.8. The predicted molar refractivity (Wildman–Crippen MR) is 77.7 cm³/mol. The van der Waals surface area contributed by atoms with E-state index in [1.54, 1.807) is 7.11 Å². The van der Waals surface area contributed by atoms with Gasteiger partial charge in [0.25, 0.3) is 0 Å². The number of nitrogens with zero attached hydrogens (tertiary/aromatic N) is 1. The Bertz CT molecular complexity index is 311. The van der Waals surface area contributed by atoms with Crippen LogP contribution in [0.1, 0.15) is 32.6 Å². The number of carbonyl (C=O) groups is 1. The molecule has 2 rings (SSSR count). The Kier molecular flexibility index (Phi) is 6.10. The smallest absolute Gasteiger partial charge is 0.317 e. The molecule has 0 aromatic heterocycles. The van der Waals surface area contributed by atoms with E-state index in [2.05, 4.69) is 17.1 Å². The number of hydrogen-bond donors (Lipinski definition) is 1. The average Bonchev–Trinajstić information content (AvgIpc) is 2.80. The number of hydrogen-bond acceptors (Lipinski definition) is 3. The van der Waals surface area contributed by atoms with Gasteiger partial charge in [0, 0.05) is 26.2 Å². The van der Waals surface area contributed by atoms with Gasteiger partial charge in [-0.1, -0.05) is 19.8 Å². The molecule has 116 valence electrons. The third-order valence-corrected chi connectivity index (χ3v) is 4.61. The Morgan fingerprint density at radius 3 is 2.85 bits per heavy atom. The second-order valence-electron chi connectivity index (χ2n) is 5.98. The molecule has 0 bridgehead atoms. The third kappa shape index (κ3) is 3.85. The van der Waals surface area contributed by atoms with E-state index in [1.165, 1.54) is 25.7 Å². The number of nitrogens with one attached hydrogen (secondary N) is 1. The molecule has 1 aliphatic heterocycles. The molecule has 20 heavy (non-hydrogen) atoms. The lowest BCUT2D eigenvalue weighted by Crippen LogP contribution is -2.45. The van der Waals surface area contributed by atoms with Crippen LogP contribution < -0.4 is 5.32 Å². The summed E-state index contributed by atoms with van der Waals surface area (Å²) in [4.78, 5) is 14.3. The van der Waals surface area contributed by atoms with E-state index in [9.17, 15) is 4.79 Å². The van der Waals surface area contributed by atoms with Crippen molar-refractivity contribution in [2.75, 3.05) is 40.0 Å². The minimum Gasteiger partial charge on any atom is -0.382 e. The van der Waals surface area contributed by atoms with Gasteiger partial charge in [0.2, 0.25) is 0 Å². The molecule has 1 aliphatic carbocycles. The molecular weight excluding hydrogens is 256 g/mol. The van der Waals surface area contributed by atoms with Gasteiger partial charge in [0.1, 0.15) is 0 Å². The number of likely N-dealkylation sites (tertiary alicyclic amines) is 1. The van der Waals surface area contributed by atoms with Crippen LogP contribution in [0.15, 0.2) is 0 Å². The highest BCUT2D eigenvalue weighted by Gasteiger charge is 2.42. The van der Waals surface area contributed by atoms with E-state index in [1.807, 2.05) is 0 Å². The van der Waals surface area contributed by atoms with Crippen LogP contribution >= 0.6 is 0 Å². The first kappa shape index (κ1) is 15.6. The summed E-state index contributed by atoms with van der Waals surface area (Å²) in [6.07, 6.45) is 5.05.